The lowest BCUT2D eigenvalue weighted by molar-refractivity contribution is -0.00838. The van der Waals surface area contributed by atoms with Crippen LogP contribution in [0.1, 0.15) is 28.1 Å². The standard InChI is InChI=1S/C21H21N3O2S2/c25-21(19-9-15-7-8-22-11-20(15)27-19)23-10-14-1-5-18(6-2-14)28-24-12-16-3-4-17(13-24)26-16/h1-2,5-9,11,16-17H,3-4,10,12-13H2,(H,23,25). The molecule has 1 N–H and O–H groups in total. The number of hydrogen-bond donors (Lipinski definition) is 1. The van der Waals surface area contributed by atoms with Crippen molar-refractivity contribution < 1.29 is 9.53 Å². The molecule has 5 rings (SSSR count). The van der Waals surface area contributed by atoms with Gasteiger partial charge in [0.05, 0.1) is 21.8 Å². The highest BCUT2D eigenvalue weighted by molar-refractivity contribution is 7.97. The van der Waals surface area contributed by atoms with Gasteiger partial charge in [-0.25, -0.2) is 4.31 Å². The molecule has 2 aliphatic rings. The minimum atomic E-state index is -0.0385. The van der Waals surface area contributed by atoms with E-state index in [0.29, 0.717) is 18.8 Å². The normalized spacial score (nSPS) is 21.9. The number of pyridine rings is 1. The van der Waals surface area contributed by atoms with Crippen LogP contribution in [-0.4, -0.2) is 40.5 Å². The topological polar surface area (TPSA) is 54.5 Å². The Morgan fingerprint density at radius 3 is 2.75 bits per heavy atom. The molecule has 1 amide bonds. The number of thiophene rings is 1. The number of benzene rings is 1. The summed E-state index contributed by atoms with van der Waals surface area (Å²) in [5, 5.41) is 4.07. The van der Waals surface area contributed by atoms with E-state index in [9.17, 15) is 4.79 Å². The molecule has 2 fully saturated rings. The fourth-order valence-corrected chi connectivity index (χ4v) is 5.72. The molecule has 0 spiro atoms. The van der Waals surface area contributed by atoms with Crippen molar-refractivity contribution in [1.82, 2.24) is 14.6 Å². The van der Waals surface area contributed by atoms with E-state index in [1.165, 1.54) is 29.1 Å². The van der Waals surface area contributed by atoms with E-state index in [2.05, 4.69) is 38.9 Å². The summed E-state index contributed by atoms with van der Waals surface area (Å²) < 4.78 is 9.35. The Kier molecular flexibility index (Phi) is 5.07. The van der Waals surface area contributed by atoms with Gasteiger partial charge in [-0.15, -0.1) is 11.3 Å². The predicted molar refractivity (Wildman–Crippen MR) is 113 cm³/mol. The Morgan fingerprint density at radius 2 is 2.00 bits per heavy atom. The third-order valence-electron chi connectivity index (χ3n) is 5.17. The Morgan fingerprint density at radius 1 is 1.21 bits per heavy atom. The van der Waals surface area contributed by atoms with Crippen LogP contribution in [0, 0.1) is 0 Å². The maximum Gasteiger partial charge on any atom is 0.261 e. The van der Waals surface area contributed by atoms with Crippen LogP contribution in [0.5, 0.6) is 0 Å². The Bertz CT molecular complexity index is 944. The number of carbonyl (C=O) groups is 1. The number of morpholine rings is 1. The molecule has 2 aliphatic heterocycles. The third kappa shape index (κ3) is 3.93. The van der Waals surface area contributed by atoms with Crippen LogP contribution < -0.4 is 5.32 Å². The smallest absolute Gasteiger partial charge is 0.261 e. The van der Waals surface area contributed by atoms with Gasteiger partial charge in [0.25, 0.3) is 5.91 Å². The Hall–Kier alpha value is -1.93. The molecule has 5 nitrogen and oxygen atoms in total. The fraction of sp³-hybridized carbons (Fsp3) is 0.333. The number of aromatic nitrogens is 1. The summed E-state index contributed by atoms with van der Waals surface area (Å²) in [7, 11) is 0. The van der Waals surface area contributed by atoms with E-state index in [1.54, 1.807) is 24.3 Å². The number of nitrogens with zero attached hydrogens (tertiary/aromatic N) is 2. The molecule has 0 radical (unpaired) electrons. The number of ether oxygens (including phenoxy) is 1. The van der Waals surface area contributed by atoms with E-state index < -0.39 is 0 Å². The van der Waals surface area contributed by atoms with Gasteiger partial charge in [-0.3, -0.25) is 9.78 Å². The van der Waals surface area contributed by atoms with E-state index in [0.717, 1.165) is 33.6 Å². The summed E-state index contributed by atoms with van der Waals surface area (Å²) >= 11 is 3.28. The van der Waals surface area contributed by atoms with Gasteiger partial charge in [0.1, 0.15) is 0 Å². The molecule has 144 valence electrons. The molecule has 0 aliphatic carbocycles. The second kappa shape index (κ2) is 7.83. The summed E-state index contributed by atoms with van der Waals surface area (Å²) in [5.74, 6) is -0.0385. The van der Waals surface area contributed by atoms with Gasteiger partial charge in [0.15, 0.2) is 0 Å². The number of carbonyl (C=O) groups excluding carboxylic acids is 1. The summed E-state index contributed by atoms with van der Waals surface area (Å²) in [6, 6.07) is 12.3. The van der Waals surface area contributed by atoms with Gasteiger partial charge in [-0.1, -0.05) is 12.1 Å². The van der Waals surface area contributed by atoms with E-state index >= 15 is 0 Å². The number of rotatable bonds is 5. The van der Waals surface area contributed by atoms with Crippen molar-refractivity contribution in [1.29, 1.82) is 0 Å². The first-order chi connectivity index (χ1) is 13.7. The van der Waals surface area contributed by atoms with Crippen LogP contribution >= 0.6 is 23.3 Å². The van der Waals surface area contributed by atoms with Gasteiger partial charge >= 0.3 is 0 Å². The molecule has 28 heavy (non-hydrogen) atoms. The highest BCUT2D eigenvalue weighted by Crippen LogP contribution is 2.33. The highest BCUT2D eigenvalue weighted by Gasteiger charge is 2.34. The fourth-order valence-electron chi connectivity index (χ4n) is 3.73. The van der Waals surface area contributed by atoms with Crippen LogP contribution in [0.15, 0.2) is 53.7 Å². The first-order valence-electron chi connectivity index (χ1n) is 9.52. The van der Waals surface area contributed by atoms with Gasteiger partial charge in [-0.05, 0) is 60.0 Å². The van der Waals surface area contributed by atoms with E-state index in [4.69, 9.17) is 4.74 Å². The maximum absolute atomic E-state index is 12.4. The number of hydrogen-bond acceptors (Lipinski definition) is 6. The summed E-state index contributed by atoms with van der Waals surface area (Å²) in [6.45, 7) is 2.53. The number of nitrogens with one attached hydrogen (secondary N) is 1. The Labute approximate surface area is 172 Å². The lowest BCUT2D eigenvalue weighted by Crippen LogP contribution is -2.38. The molecule has 2 aromatic heterocycles. The number of fused-ring (bicyclic) bond motifs is 3. The van der Waals surface area contributed by atoms with Crippen molar-refractivity contribution in [3.63, 3.8) is 0 Å². The molecular weight excluding hydrogens is 390 g/mol. The molecule has 7 heteroatoms. The lowest BCUT2D eigenvalue weighted by Gasteiger charge is -2.30. The van der Waals surface area contributed by atoms with Gasteiger partial charge in [-0.2, -0.15) is 0 Å². The second-order valence-electron chi connectivity index (χ2n) is 7.25. The SMILES string of the molecule is O=C(NCc1ccc(SN2CC3CCC(C2)O3)cc1)c1cc2ccncc2s1. The average molecular weight is 412 g/mol. The zero-order valence-electron chi connectivity index (χ0n) is 15.3. The molecule has 2 saturated heterocycles. The molecule has 3 aromatic rings. The van der Waals surface area contributed by atoms with Crippen LogP contribution in [0.4, 0.5) is 0 Å². The van der Waals surface area contributed by atoms with Gasteiger partial charge in [0, 0.05) is 36.9 Å². The molecule has 1 aromatic carbocycles. The van der Waals surface area contributed by atoms with Crippen LogP contribution in [-0.2, 0) is 11.3 Å². The van der Waals surface area contributed by atoms with Crippen molar-refractivity contribution >= 4 is 39.3 Å². The quantitative estimate of drug-likeness (QED) is 0.641. The zero-order valence-corrected chi connectivity index (χ0v) is 17.0. The number of amides is 1. The van der Waals surface area contributed by atoms with Crippen LogP contribution in [0.2, 0.25) is 0 Å². The summed E-state index contributed by atoms with van der Waals surface area (Å²) in [6.07, 6.45) is 6.74. The Balaban J connectivity index is 1.16. The summed E-state index contributed by atoms with van der Waals surface area (Å²) in [5.41, 5.74) is 1.10. The molecule has 2 atom stereocenters. The van der Waals surface area contributed by atoms with Crippen molar-refractivity contribution in [2.24, 2.45) is 0 Å². The van der Waals surface area contributed by atoms with Crippen molar-refractivity contribution in [3.05, 3.63) is 59.2 Å². The molecular formula is C21H21N3O2S2. The predicted octanol–water partition coefficient (Wildman–Crippen LogP) is 4.10. The molecule has 2 unspecified atom stereocenters. The summed E-state index contributed by atoms with van der Waals surface area (Å²) in [4.78, 5) is 18.5. The first kappa shape index (κ1) is 18.1. The monoisotopic (exact) mass is 411 g/mol. The third-order valence-corrected chi connectivity index (χ3v) is 7.29. The highest BCUT2D eigenvalue weighted by atomic mass is 32.2. The van der Waals surface area contributed by atoms with E-state index in [-0.39, 0.29) is 5.91 Å². The van der Waals surface area contributed by atoms with Crippen molar-refractivity contribution in [2.45, 2.75) is 36.5 Å². The van der Waals surface area contributed by atoms with E-state index in [1.807, 2.05) is 12.1 Å². The maximum atomic E-state index is 12.4. The molecule has 2 bridgehead atoms. The van der Waals surface area contributed by atoms with Crippen molar-refractivity contribution in [3.8, 4) is 0 Å². The zero-order chi connectivity index (χ0) is 18.9. The molecule has 0 saturated carbocycles. The largest absolute Gasteiger partial charge is 0.372 e. The minimum Gasteiger partial charge on any atom is -0.372 e. The average Bonchev–Trinajstić information content (AvgIpc) is 3.30. The van der Waals surface area contributed by atoms with Gasteiger partial charge < -0.3 is 10.1 Å². The lowest BCUT2D eigenvalue weighted by atomic mass is 10.2. The molecule has 4 heterocycles. The minimum absolute atomic E-state index is 0.0385. The first-order valence-corrected chi connectivity index (χ1v) is 11.1. The van der Waals surface area contributed by atoms with Gasteiger partial charge in [0.2, 0.25) is 0 Å². The van der Waals surface area contributed by atoms with Crippen LogP contribution in [0.3, 0.4) is 0 Å². The second-order valence-corrected chi connectivity index (χ2v) is 9.50. The van der Waals surface area contributed by atoms with Crippen molar-refractivity contribution in [2.75, 3.05) is 13.1 Å². The van der Waals surface area contributed by atoms with Crippen LogP contribution in [0.25, 0.3) is 10.1 Å².